The number of sulfonamides is 1. The fraction of sp³-hybridized carbons (Fsp3) is 0.455. The molecular weight excluding hydrogens is 254 g/mol. The van der Waals surface area contributed by atoms with E-state index in [1.54, 1.807) is 24.5 Å². The van der Waals surface area contributed by atoms with Crippen molar-refractivity contribution < 1.29 is 13.2 Å². The molecule has 18 heavy (non-hydrogen) atoms. The van der Waals surface area contributed by atoms with Crippen LogP contribution in [-0.2, 0) is 14.8 Å². The van der Waals surface area contributed by atoms with Crippen molar-refractivity contribution in [3.63, 3.8) is 0 Å². The van der Waals surface area contributed by atoms with E-state index >= 15 is 0 Å². The van der Waals surface area contributed by atoms with E-state index in [2.05, 4.69) is 10.3 Å². The number of aromatic nitrogens is 1. The van der Waals surface area contributed by atoms with Gasteiger partial charge < -0.3 is 5.32 Å². The Bertz CT molecular complexity index is 502. The number of nitrogens with one attached hydrogen (secondary N) is 1. The van der Waals surface area contributed by atoms with Crippen molar-refractivity contribution in [2.24, 2.45) is 0 Å². The molecule has 1 N–H and O–H groups in total. The Morgan fingerprint density at radius 2 is 2.00 bits per heavy atom. The Morgan fingerprint density at radius 3 is 2.50 bits per heavy atom. The van der Waals surface area contributed by atoms with Crippen LogP contribution in [0.3, 0.4) is 0 Å². The lowest BCUT2D eigenvalue weighted by Gasteiger charge is -2.17. The number of hydrogen-bond acceptors (Lipinski definition) is 4. The van der Waals surface area contributed by atoms with Crippen LogP contribution in [0.1, 0.15) is 18.5 Å². The zero-order chi connectivity index (χ0) is 13.8. The molecule has 0 radical (unpaired) electrons. The highest BCUT2D eigenvalue weighted by Gasteiger charge is 2.16. The van der Waals surface area contributed by atoms with Gasteiger partial charge in [0.05, 0.1) is 18.8 Å². The molecule has 0 aliphatic heterocycles. The molecule has 100 valence electrons. The van der Waals surface area contributed by atoms with Crippen LogP contribution in [0.4, 0.5) is 0 Å². The molecule has 1 aromatic heterocycles. The molecule has 0 aliphatic rings. The summed E-state index contributed by atoms with van der Waals surface area (Å²) in [6.07, 6.45) is 4.34. The summed E-state index contributed by atoms with van der Waals surface area (Å²) in [7, 11) is -1.97. The molecule has 0 saturated heterocycles. The molecule has 0 saturated carbocycles. The van der Waals surface area contributed by atoms with Gasteiger partial charge in [-0.1, -0.05) is 0 Å². The SMILES string of the molecule is CC(NC(=O)CN(C)S(C)(=O)=O)c1ccncc1. The molecule has 1 unspecified atom stereocenters. The van der Waals surface area contributed by atoms with Gasteiger partial charge in [-0.2, -0.15) is 4.31 Å². The summed E-state index contributed by atoms with van der Waals surface area (Å²) in [5.41, 5.74) is 0.917. The van der Waals surface area contributed by atoms with Gasteiger partial charge in [0.1, 0.15) is 0 Å². The number of hydrogen-bond donors (Lipinski definition) is 1. The van der Waals surface area contributed by atoms with Gasteiger partial charge in [-0.25, -0.2) is 8.42 Å². The summed E-state index contributed by atoms with van der Waals surface area (Å²) in [5, 5.41) is 2.73. The first kappa shape index (κ1) is 14.6. The second-order valence-electron chi connectivity index (χ2n) is 4.09. The van der Waals surface area contributed by atoms with Gasteiger partial charge in [0.15, 0.2) is 0 Å². The van der Waals surface area contributed by atoms with E-state index in [0.717, 1.165) is 16.1 Å². The smallest absolute Gasteiger partial charge is 0.235 e. The minimum absolute atomic E-state index is 0.186. The van der Waals surface area contributed by atoms with Crippen LogP contribution in [0, 0.1) is 0 Å². The van der Waals surface area contributed by atoms with Crippen molar-refractivity contribution in [3.05, 3.63) is 30.1 Å². The summed E-state index contributed by atoms with van der Waals surface area (Å²) in [6.45, 7) is 1.64. The van der Waals surface area contributed by atoms with Gasteiger partial charge in [-0.05, 0) is 24.6 Å². The first-order chi connectivity index (χ1) is 8.30. The molecule has 0 aliphatic carbocycles. The highest BCUT2D eigenvalue weighted by atomic mass is 32.2. The molecular formula is C11H17N3O3S. The van der Waals surface area contributed by atoms with Crippen molar-refractivity contribution in [3.8, 4) is 0 Å². The summed E-state index contributed by atoms with van der Waals surface area (Å²) < 4.78 is 23.3. The second kappa shape index (κ2) is 5.92. The number of rotatable bonds is 5. The fourth-order valence-electron chi connectivity index (χ4n) is 1.34. The number of carbonyl (C=O) groups excluding carboxylic acids is 1. The number of amides is 1. The molecule has 0 aromatic carbocycles. The maximum atomic E-state index is 11.7. The van der Waals surface area contributed by atoms with Crippen molar-refractivity contribution in [1.82, 2.24) is 14.6 Å². The predicted molar refractivity (Wildman–Crippen MR) is 68.3 cm³/mol. The zero-order valence-electron chi connectivity index (χ0n) is 10.6. The largest absolute Gasteiger partial charge is 0.348 e. The van der Waals surface area contributed by atoms with E-state index in [0.29, 0.717) is 0 Å². The number of nitrogens with zero attached hydrogens (tertiary/aromatic N) is 2. The van der Waals surface area contributed by atoms with Crippen molar-refractivity contribution in [2.45, 2.75) is 13.0 Å². The van der Waals surface area contributed by atoms with Gasteiger partial charge in [0, 0.05) is 19.4 Å². The Morgan fingerprint density at radius 1 is 1.44 bits per heavy atom. The minimum Gasteiger partial charge on any atom is -0.348 e. The molecule has 1 amide bonds. The highest BCUT2D eigenvalue weighted by Crippen LogP contribution is 2.09. The summed E-state index contributed by atoms with van der Waals surface area (Å²) in [4.78, 5) is 15.5. The molecule has 1 aromatic rings. The number of likely N-dealkylation sites (N-methyl/N-ethyl adjacent to an activating group) is 1. The number of pyridine rings is 1. The molecule has 0 bridgehead atoms. The van der Waals surface area contributed by atoms with Crippen LogP contribution in [-0.4, -0.2) is 43.5 Å². The van der Waals surface area contributed by atoms with Crippen LogP contribution in [0.2, 0.25) is 0 Å². The molecule has 0 fully saturated rings. The van der Waals surface area contributed by atoms with E-state index in [1.807, 2.05) is 6.92 Å². The van der Waals surface area contributed by atoms with Crippen LogP contribution in [0.5, 0.6) is 0 Å². The quantitative estimate of drug-likeness (QED) is 0.826. The lowest BCUT2D eigenvalue weighted by atomic mass is 10.1. The first-order valence-electron chi connectivity index (χ1n) is 5.41. The monoisotopic (exact) mass is 271 g/mol. The van der Waals surface area contributed by atoms with E-state index in [1.165, 1.54) is 7.05 Å². The molecule has 1 rings (SSSR count). The maximum Gasteiger partial charge on any atom is 0.235 e. The topological polar surface area (TPSA) is 79.4 Å². The minimum atomic E-state index is -3.34. The summed E-state index contributed by atoms with van der Waals surface area (Å²) >= 11 is 0. The fourth-order valence-corrected chi connectivity index (χ4v) is 1.69. The van der Waals surface area contributed by atoms with Gasteiger partial charge in [-0.3, -0.25) is 9.78 Å². The van der Waals surface area contributed by atoms with Crippen LogP contribution in [0.15, 0.2) is 24.5 Å². The zero-order valence-corrected chi connectivity index (χ0v) is 11.4. The van der Waals surface area contributed by atoms with Gasteiger partial charge in [0.25, 0.3) is 0 Å². The molecule has 0 spiro atoms. The average molecular weight is 271 g/mol. The molecule has 1 heterocycles. The Kier molecular flexibility index (Phi) is 4.80. The van der Waals surface area contributed by atoms with Gasteiger partial charge in [0.2, 0.25) is 15.9 Å². The van der Waals surface area contributed by atoms with Gasteiger partial charge in [-0.15, -0.1) is 0 Å². The Labute approximate surface area is 107 Å². The third kappa shape index (κ3) is 4.42. The van der Waals surface area contributed by atoms with E-state index in [4.69, 9.17) is 0 Å². The Hall–Kier alpha value is -1.47. The Balaban J connectivity index is 2.56. The molecule has 7 heteroatoms. The predicted octanol–water partition coefficient (Wildman–Crippen LogP) is 0.150. The van der Waals surface area contributed by atoms with E-state index in [9.17, 15) is 13.2 Å². The van der Waals surface area contributed by atoms with Crippen molar-refractivity contribution >= 4 is 15.9 Å². The maximum absolute atomic E-state index is 11.7. The van der Waals surface area contributed by atoms with E-state index < -0.39 is 10.0 Å². The highest BCUT2D eigenvalue weighted by molar-refractivity contribution is 7.88. The summed E-state index contributed by atoms with van der Waals surface area (Å²) in [6, 6.07) is 3.41. The van der Waals surface area contributed by atoms with Crippen LogP contribution in [0.25, 0.3) is 0 Å². The van der Waals surface area contributed by atoms with E-state index in [-0.39, 0.29) is 18.5 Å². The van der Waals surface area contributed by atoms with Crippen molar-refractivity contribution in [2.75, 3.05) is 19.8 Å². The number of carbonyl (C=O) groups is 1. The normalized spacial score (nSPS) is 13.3. The first-order valence-corrected chi connectivity index (χ1v) is 7.26. The lowest BCUT2D eigenvalue weighted by Crippen LogP contribution is -2.38. The average Bonchev–Trinajstić information content (AvgIpc) is 2.28. The third-order valence-corrected chi connectivity index (χ3v) is 3.78. The third-order valence-electron chi connectivity index (χ3n) is 2.52. The molecule has 6 nitrogen and oxygen atoms in total. The van der Waals surface area contributed by atoms with Gasteiger partial charge >= 0.3 is 0 Å². The van der Waals surface area contributed by atoms with Crippen molar-refractivity contribution in [1.29, 1.82) is 0 Å². The summed E-state index contributed by atoms with van der Waals surface area (Å²) in [5.74, 6) is -0.341. The lowest BCUT2D eigenvalue weighted by molar-refractivity contribution is -0.121. The molecule has 1 atom stereocenters. The standard InChI is InChI=1S/C11H17N3O3S/c1-9(10-4-6-12-7-5-10)13-11(15)8-14(2)18(3,16)17/h4-7,9H,8H2,1-3H3,(H,13,15). The second-order valence-corrected chi connectivity index (χ2v) is 6.18. The van der Waals surface area contributed by atoms with Crippen LogP contribution >= 0.6 is 0 Å². The van der Waals surface area contributed by atoms with Crippen LogP contribution < -0.4 is 5.32 Å².